The molecule has 136 valence electrons. The van der Waals surface area contributed by atoms with Gasteiger partial charge in [-0.05, 0) is 68.7 Å². The number of hydrogen-bond donors (Lipinski definition) is 0. The smallest absolute Gasteiger partial charge is 0.187 e. The first-order valence-electron chi connectivity index (χ1n) is 8.97. The van der Waals surface area contributed by atoms with Gasteiger partial charge in [0.05, 0.1) is 6.61 Å². The van der Waals surface area contributed by atoms with Crippen LogP contribution in [0.4, 0.5) is 4.39 Å². The predicted octanol–water partition coefficient (Wildman–Crippen LogP) is 5.78. The van der Waals surface area contributed by atoms with Crippen LogP contribution in [0.15, 0.2) is 58.5 Å². The average molecular weight is 344 g/mol. The van der Waals surface area contributed by atoms with Crippen molar-refractivity contribution in [2.24, 2.45) is 5.41 Å². The van der Waals surface area contributed by atoms with Crippen molar-refractivity contribution in [3.8, 4) is 0 Å². The van der Waals surface area contributed by atoms with E-state index in [2.05, 4.69) is 26.8 Å². The number of rotatable bonds is 6. The molecule has 1 aliphatic heterocycles. The number of carbonyl (C=O) groups is 1. The van der Waals surface area contributed by atoms with Crippen molar-refractivity contribution in [2.75, 3.05) is 6.61 Å². The lowest BCUT2D eigenvalue weighted by Gasteiger charge is -2.32. The SMILES string of the molecule is CC1=C(/C=C/C(C)=C/C=C(F)/C(C)=C/C(=O)C2CO2)C(C)(C)CCC1. The van der Waals surface area contributed by atoms with E-state index < -0.39 is 5.83 Å². The molecule has 0 aromatic heterocycles. The highest BCUT2D eigenvalue weighted by molar-refractivity contribution is 5.96. The zero-order valence-electron chi connectivity index (χ0n) is 16.0. The van der Waals surface area contributed by atoms with Crippen molar-refractivity contribution in [1.82, 2.24) is 0 Å². The van der Waals surface area contributed by atoms with Crippen molar-refractivity contribution in [3.63, 3.8) is 0 Å². The Hall–Kier alpha value is -1.74. The van der Waals surface area contributed by atoms with E-state index >= 15 is 0 Å². The lowest BCUT2D eigenvalue weighted by atomic mass is 9.72. The summed E-state index contributed by atoms with van der Waals surface area (Å²) in [5.41, 5.74) is 4.34. The first-order valence-corrected chi connectivity index (χ1v) is 8.97. The molecule has 2 nitrogen and oxygen atoms in total. The number of epoxide rings is 1. The quantitative estimate of drug-likeness (QED) is 0.347. The third-order valence-electron chi connectivity index (χ3n) is 4.93. The lowest BCUT2D eigenvalue weighted by Crippen LogP contribution is -2.19. The van der Waals surface area contributed by atoms with E-state index in [0.717, 1.165) is 12.0 Å². The van der Waals surface area contributed by atoms with Crippen LogP contribution in [0.5, 0.6) is 0 Å². The third kappa shape index (κ3) is 5.64. The standard InChI is InChI=1S/C22H29FO2/c1-15(8-10-18-16(2)7-6-12-22(18,4)5)9-11-19(23)17(3)13-20(24)21-14-25-21/h8-11,13,21H,6-7,12,14H2,1-5H3/b10-8+,15-9+,17-13+,19-11-. The first kappa shape index (κ1) is 19.6. The maximum atomic E-state index is 14.1. The van der Waals surface area contributed by atoms with Crippen LogP contribution in [-0.2, 0) is 9.53 Å². The molecular formula is C22H29FO2. The number of hydrogen-bond acceptors (Lipinski definition) is 2. The van der Waals surface area contributed by atoms with E-state index in [0.29, 0.717) is 12.2 Å². The van der Waals surface area contributed by atoms with Gasteiger partial charge in [-0.1, -0.05) is 43.2 Å². The molecule has 1 heterocycles. The van der Waals surface area contributed by atoms with Gasteiger partial charge in [0.2, 0.25) is 0 Å². The van der Waals surface area contributed by atoms with Crippen LogP contribution in [0.3, 0.4) is 0 Å². The molecule has 0 N–H and O–H groups in total. The summed E-state index contributed by atoms with van der Waals surface area (Å²) in [5.74, 6) is -0.557. The monoisotopic (exact) mass is 344 g/mol. The summed E-state index contributed by atoms with van der Waals surface area (Å²) in [7, 11) is 0. The van der Waals surface area contributed by atoms with Crippen LogP contribution in [0.2, 0.25) is 0 Å². The van der Waals surface area contributed by atoms with Gasteiger partial charge in [-0.3, -0.25) is 4.79 Å². The molecule has 25 heavy (non-hydrogen) atoms. The Balaban J connectivity index is 2.06. The number of halogens is 1. The predicted molar refractivity (Wildman–Crippen MR) is 101 cm³/mol. The molecule has 0 radical (unpaired) electrons. The van der Waals surface area contributed by atoms with Gasteiger partial charge in [-0.15, -0.1) is 0 Å². The number of ether oxygens (including phenoxy) is 1. The van der Waals surface area contributed by atoms with Gasteiger partial charge in [-0.2, -0.15) is 0 Å². The van der Waals surface area contributed by atoms with Gasteiger partial charge in [-0.25, -0.2) is 4.39 Å². The van der Waals surface area contributed by atoms with Crippen LogP contribution in [0.25, 0.3) is 0 Å². The van der Waals surface area contributed by atoms with E-state index in [4.69, 9.17) is 4.74 Å². The van der Waals surface area contributed by atoms with Crippen molar-refractivity contribution in [2.45, 2.75) is 60.0 Å². The minimum atomic E-state index is -0.393. The minimum Gasteiger partial charge on any atom is -0.364 e. The van der Waals surface area contributed by atoms with Crippen molar-refractivity contribution < 1.29 is 13.9 Å². The maximum absolute atomic E-state index is 14.1. The molecule has 0 bridgehead atoms. The Labute approximate surface area is 150 Å². The summed E-state index contributed by atoms with van der Waals surface area (Å²) in [6.45, 7) is 10.8. The molecule has 1 aliphatic carbocycles. The summed E-state index contributed by atoms with van der Waals surface area (Å²) in [6, 6.07) is 0. The van der Waals surface area contributed by atoms with Crippen molar-refractivity contribution in [3.05, 3.63) is 58.5 Å². The summed E-state index contributed by atoms with van der Waals surface area (Å²) in [6.07, 6.45) is 11.9. The largest absolute Gasteiger partial charge is 0.364 e. The molecule has 2 aliphatic rings. The molecular weight excluding hydrogens is 315 g/mol. The highest BCUT2D eigenvalue weighted by Gasteiger charge is 2.29. The van der Waals surface area contributed by atoms with E-state index in [1.165, 1.54) is 36.1 Å². The number of ketones is 1. The lowest BCUT2D eigenvalue weighted by molar-refractivity contribution is -0.115. The molecule has 1 fully saturated rings. The summed E-state index contributed by atoms with van der Waals surface area (Å²) in [5, 5.41) is 0. The van der Waals surface area contributed by atoms with Crippen LogP contribution in [0.1, 0.15) is 53.9 Å². The molecule has 2 rings (SSSR count). The highest BCUT2D eigenvalue weighted by atomic mass is 19.1. The molecule has 1 unspecified atom stereocenters. The topological polar surface area (TPSA) is 29.6 Å². The van der Waals surface area contributed by atoms with Crippen molar-refractivity contribution in [1.29, 1.82) is 0 Å². The van der Waals surface area contributed by atoms with Gasteiger partial charge in [0.1, 0.15) is 11.9 Å². The molecule has 1 atom stereocenters. The third-order valence-corrected chi connectivity index (χ3v) is 4.93. The fraction of sp³-hybridized carbons (Fsp3) is 0.500. The van der Waals surface area contributed by atoms with Crippen LogP contribution in [-0.4, -0.2) is 18.5 Å². The Morgan fingerprint density at radius 3 is 2.56 bits per heavy atom. The molecule has 0 saturated carbocycles. The molecule has 0 aromatic carbocycles. The zero-order valence-corrected chi connectivity index (χ0v) is 16.0. The second kappa shape index (κ2) is 8.09. The van der Waals surface area contributed by atoms with Gasteiger partial charge >= 0.3 is 0 Å². The second-order valence-electron chi connectivity index (χ2n) is 7.74. The summed E-state index contributed by atoms with van der Waals surface area (Å²) in [4.78, 5) is 11.6. The Morgan fingerprint density at radius 1 is 1.28 bits per heavy atom. The Kier molecular flexibility index (Phi) is 6.34. The van der Waals surface area contributed by atoms with E-state index in [-0.39, 0.29) is 17.3 Å². The van der Waals surface area contributed by atoms with Crippen LogP contribution in [0, 0.1) is 5.41 Å². The average Bonchev–Trinajstić information content (AvgIpc) is 3.36. The Morgan fingerprint density at radius 2 is 1.96 bits per heavy atom. The van der Waals surface area contributed by atoms with Gasteiger partial charge in [0, 0.05) is 0 Å². The first-order chi connectivity index (χ1) is 11.7. The normalized spacial score (nSPS) is 24.9. The van der Waals surface area contributed by atoms with Gasteiger partial charge < -0.3 is 4.74 Å². The Bertz CT molecular complexity index is 683. The van der Waals surface area contributed by atoms with E-state index in [1.807, 2.05) is 13.0 Å². The molecule has 0 spiro atoms. The fourth-order valence-electron chi connectivity index (χ4n) is 3.20. The van der Waals surface area contributed by atoms with Gasteiger partial charge in [0.15, 0.2) is 5.78 Å². The van der Waals surface area contributed by atoms with Gasteiger partial charge in [0.25, 0.3) is 0 Å². The number of allylic oxidation sites excluding steroid dienone is 9. The van der Waals surface area contributed by atoms with E-state index in [1.54, 1.807) is 13.0 Å². The number of carbonyl (C=O) groups excluding carboxylic acids is 1. The van der Waals surface area contributed by atoms with Crippen molar-refractivity contribution >= 4 is 5.78 Å². The maximum Gasteiger partial charge on any atom is 0.187 e. The minimum absolute atomic E-state index is 0.163. The molecule has 0 aromatic rings. The van der Waals surface area contributed by atoms with Crippen LogP contribution < -0.4 is 0 Å². The van der Waals surface area contributed by atoms with E-state index in [9.17, 15) is 9.18 Å². The molecule has 0 amide bonds. The summed E-state index contributed by atoms with van der Waals surface area (Å²) >= 11 is 0. The molecule has 1 saturated heterocycles. The zero-order chi connectivity index (χ0) is 18.6. The second-order valence-corrected chi connectivity index (χ2v) is 7.74. The highest BCUT2D eigenvalue weighted by Crippen LogP contribution is 2.40. The summed E-state index contributed by atoms with van der Waals surface area (Å²) < 4.78 is 19.0. The molecule has 3 heteroatoms. The fourth-order valence-corrected chi connectivity index (χ4v) is 3.20. The van der Waals surface area contributed by atoms with Crippen LogP contribution >= 0.6 is 0 Å².